The van der Waals surface area contributed by atoms with E-state index in [0.29, 0.717) is 0 Å². The minimum atomic E-state index is -0.204. The quantitative estimate of drug-likeness (QED) is 0.259. The summed E-state index contributed by atoms with van der Waals surface area (Å²) >= 11 is 0. The minimum absolute atomic E-state index is 0.204. The normalized spacial score (nSPS) is 14.0. The number of hydrogen-bond acceptors (Lipinski definition) is 2. The van der Waals surface area contributed by atoms with Crippen LogP contribution >= 0.6 is 0 Å². The smallest absolute Gasteiger partial charge is 0.164 e. The van der Waals surface area contributed by atoms with E-state index in [4.69, 9.17) is 9.47 Å². The first-order valence-corrected chi connectivity index (χ1v) is 12.4. The van der Waals surface area contributed by atoms with Crippen LogP contribution in [0, 0.1) is 13.8 Å². The summed E-state index contributed by atoms with van der Waals surface area (Å²) in [5.41, 5.74) is 10.9. The van der Waals surface area contributed by atoms with E-state index in [1.807, 2.05) is 12.1 Å². The predicted octanol–water partition coefficient (Wildman–Crippen LogP) is 7.98. The Morgan fingerprint density at radius 1 is 0.778 bits per heavy atom. The van der Waals surface area contributed by atoms with Crippen LogP contribution in [-0.2, 0) is 6.54 Å². The van der Waals surface area contributed by atoms with Crippen LogP contribution in [0.2, 0.25) is 0 Å². The fourth-order valence-corrected chi connectivity index (χ4v) is 5.36. The molecule has 0 fully saturated rings. The molecule has 0 aliphatic carbocycles. The molecule has 2 heterocycles. The zero-order valence-electron chi connectivity index (χ0n) is 20.9. The topological polar surface area (TPSA) is 23.4 Å². The summed E-state index contributed by atoms with van der Waals surface area (Å²) in [7, 11) is 1.71. The summed E-state index contributed by atoms with van der Waals surface area (Å²) in [5.74, 6) is 1.78. The molecule has 0 radical (unpaired) electrons. The molecule has 0 bridgehead atoms. The highest BCUT2D eigenvalue weighted by molar-refractivity contribution is 5.85. The maximum Gasteiger partial charge on any atom is 0.164 e. The summed E-state index contributed by atoms with van der Waals surface area (Å²) < 4.78 is 14.7. The average molecular weight is 472 g/mol. The van der Waals surface area contributed by atoms with Gasteiger partial charge in [-0.2, -0.15) is 0 Å². The molecule has 1 aliphatic rings. The van der Waals surface area contributed by atoms with Crippen molar-refractivity contribution < 1.29 is 9.47 Å². The Morgan fingerprint density at radius 2 is 1.47 bits per heavy atom. The number of benzene rings is 4. The number of rotatable bonds is 5. The van der Waals surface area contributed by atoms with E-state index in [9.17, 15) is 0 Å². The fourth-order valence-electron chi connectivity index (χ4n) is 5.36. The highest BCUT2D eigenvalue weighted by Gasteiger charge is 2.35. The Hall–Kier alpha value is -4.24. The first kappa shape index (κ1) is 22.2. The number of hydrogen-bond donors (Lipinski definition) is 0. The van der Waals surface area contributed by atoms with Crippen molar-refractivity contribution in [2.45, 2.75) is 26.5 Å². The van der Waals surface area contributed by atoms with E-state index in [1.54, 1.807) is 7.11 Å². The van der Waals surface area contributed by atoms with E-state index in [1.165, 1.54) is 39.2 Å². The van der Waals surface area contributed by atoms with Crippen LogP contribution in [0.15, 0.2) is 103 Å². The van der Waals surface area contributed by atoms with Gasteiger partial charge in [-0.3, -0.25) is 0 Å². The van der Waals surface area contributed by atoms with Crippen molar-refractivity contribution >= 4 is 0 Å². The van der Waals surface area contributed by atoms with E-state index in [-0.39, 0.29) is 6.10 Å². The molecule has 0 saturated heterocycles. The first-order valence-electron chi connectivity index (χ1n) is 12.4. The lowest BCUT2D eigenvalue weighted by Crippen LogP contribution is -2.20. The van der Waals surface area contributed by atoms with E-state index < -0.39 is 0 Å². The highest BCUT2D eigenvalue weighted by atomic mass is 16.5. The van der Waals surface area contributed by atoms with Gasteiger partial charge in [0.05, 0.1) is 18.5 Å². The summed E-state index contributed by atoms with van der Waals surface area (Å²) in [6.45, 7) is 5.12. The van der Waals surface area contributed by atoms with Crippen LogP contribution in [0.3, 0.4) is 0 Å². The fraction of sp³-hybridized carbons (Fsp3) is 0.152. The molecule has 3 nitrogen and oxygen atoms in total. The number of ether oxygens (including phenoxy) is 2. The molecule has 178 valence electrons. The Kier molecular flexibility index (Phi) is 5.61. The van der Waals surface area contributed by atoms with Crippen molar-refractivity contribution in [3.63, 3.8) is 0 Å². The number of methoxy groups -OCH3 is 1. The zero-order valence-corrected chi connectivity index (χ0v) is 20.9. The maximum absolute atomic E-state index is 6.76. The van der Waals surface area contributed by atoms with Gasteiger partial charge in [0.1, 0.15) is 11.5 Å². The van der Waals surface area contributed by atoms with E-state index in [0.717, 1.165) is 29.2 Å². The van der Waals surface area contributed by atoms with Crippen LogP contribution < -0.4 is 9.47 Å². The molecule has 1 aliphatic heterocycles. The lowest BCUT2D eigenvalue weighted by Gasteiger charge is -2.29. The van der Waals surface area contributed by atoms with Crippen LogP contribution in [0.1, 0.15) is 34.1 Å². The lowest BCUT2D eigenvalue weighted by atomic mass is 9.92. The third kappa shape index (κ3) is 3.77. The van der Waals surface area contributed by atoms with Gasteiger partial charge in [-0.25, -0.2) is 0 Å². The molecule has 0 amide bonds. The summed E-state index contributed by atoms with van der Waals surface area (Å²) in [5, 5.41) is 0. The number of aryl methyl sites for hydroxylation is 1. The molecule has 0 N–H and O–H groups in total. The SMILES string of the molecule is COc1ccc(-c2c(C)c3c(n2Cc2ccccc2)[C@H](c2ccc(C)cc2)Oc2ccccc2-3)cc1. The maximum atomic E-state index is 6.76. The van der Waals surface area contributed by atoms with Gasteiger partial charge in [-0.15, -0.1) is 0 Å². The van der Waals surface area contributed by atoms with Crippen molar-refractivity contribution in [3.05, 3.63) is 131 Å². The molecule has 6 rings (SSSR count). The number of nitrogens with zero attached hydrogens (tertiary/aromatic N) is 1. The Bertz CT molecular complexity index is 1510. The molecular formula is C33H29NO2. The van der Waals surface area contributed by atoms with Crippen molar-refractivity contribution in [2.24, 2.45) is 0 Å². The average Bonchev–Trinajstić information content (AvgIpc) is 3.21. The zero-order chi connectivity index (χ0) is 24.6. The molecule has 0 saturated carbocycles. The van der Waals surface area contributed by atoms with Gasteiger partial charge in [-0.05, 0) is 66.4 Å². The van der Waals surface area contributed by atoms with Gasteiger partial charge < -0.3 is 14.0 Å². The standard InChI is InChI=1S/C33H29NO2/c1-22-13-15-26(16-14-22)33-32-30(28-11-7-8-12-29(28)36-33)23(2)31(25-17-19-27(35-3)20-18-25)34(32)21-24-9-5-4-6-10-24/h4-20,33H,21H2,1-3H3/t33-/m0/s1. The van der Waals surface area contributed by atoms with Gasteiger partial charge in [0.25, 0.3) is 0 Å². The third-order valence-electron chi connectivity index (χ3n) is 7.12. The molecule has 3 heteroatoms. The lowest BCUT2D eigenvalue weighted by molar-refractivity contribution is 0.233. The van der Waals surface area contributed by atoms with Gasteiger partial charge in [-0.1, -0.05) is 78.4 Å². The van der Waals surface area contributed by atoms with E-state index >= 15 is 0 Å². The molecular weight excluding hydrogens is 442 g/mol. The Labute approximate surface area is 212 Å². The van der Waals surface area contributed by atoms with Crippen LogP contribution in [0.4, 0.5) is 0 Å². The molecule has 0 unspecified atom stereocenters. The van der Waals surface area contributed by atoms with Crippen LogP contribution in [0.5, 0.6) is 11.5 Å². The molecule has 1 atom stereocenters. The monoisotopic (exact) mass is 471 g/mol. The molecule has 4 aromatic carbocycles. The number of fused-ring (bicyclic) bond motifs is 3. The van der Waals surface area contributed by atoms with Crippen molar-refractivity contribution in [3.8, 4) is 33.9 Å². The molecule has 0 spiro atoms. The van der Waals surface area contributed by atoms with E-state index in [2.05, 4.69) is 109 Å². The second-order valence-corrected chi connectivity index (χ2v) is 9.44. The van der Waals surface area contributed by atoms with Crippen LogP contribution in [0.25, 0.3) is 22.4 Å². The Morgan fingerprint density at radius 3 is 2.19 bits per heavy atom. The molecule has 5 aromatic rings. The van der Waals surface area contributed by atoms with Gasteiger partial charge >= 0.3 is 0 Å². The minimum Gasteiger partial charge on any atom is -0.497 e. The van der Waals surface area contributed by atoms with Crippen LogP contribution in [-0.4, -0.2) is 11.7 Å². The number of para-hydroxylation sites is 1. The largest absolute Gasteiger partial charge is 0.497 e. The van der Waals surface area contributed by atoms with Gasteiger partial charge in [0.15, 0.2) is 6.10 Å². The van der Waals surface area contributed by atoms with Crippen molar-refractivity contribution in [2.75, 3.05) is 7.11 Å². The van der Waals surface area contributed by atoms with Gasteiger partial charge in [0.2, 0.25) is 0 Å². The second-order valence-electron chi connectivity index (χ2n) is 9.44. The third-order valence-corrected chi connectivity index (χ3v) is 7.12. The Balaban J connectivity index is 1.65. The van der Waals surface area contributed by atoms with Crippen molar-refractivity contribution in [1.82, 2.24) is 4.57 Å². The van der Waals surface area contributed by atoms with Crippen molar-refractivity contribution in [1.29, 1.82) is 0 Å². The summed E-state index contributed by atoms with van der Waals surface area (Å²) in [6.07, 6.45) is -0.204. The second kappa shape index (κ2) is 9.09. The predicted molar refractivity (Wildman–Crippen MR) is 146 cm³/mol. The number of aromatic nitrogens is 1. The molecule has 1 aromatic heterocycles. The molecule has 36 heavy (non-hydrogen) atoms. The summed E-state index contributed by atoms with van der Waals surface area (Å²) in [6, 6.07) is 36.2. The van der Waals surface area contributed by atoms with Gasteiger partial charge in [0, 0.05) is 17.7 Å². The summed E-state index contributed by atoms with van der Waals surface area (Å²) in [4.78, 5) is 0. The highest BCUT2D eigenvalue weighted by Crippen LogP contribution is 2.50. The first-order chi connectivity index (χ1) is 17.6.